The van der Waals surface area contributed by atoms with Crippen molar-refractivity contribution in [2.75, 3.05) is 44.8 Å². The number of amides is 1. The van der Waals surface area contributed by atoms with Crippen LogP contribution in [0.15, 0.2) is 36.8 Å². The van der Waals surface area contributed by atoms with Gasteiger partial charge in [-0.15, -0.1) is 0 Å². The van der Waals surface area contributed by atoms with Crippen molar-refractivity contribution < 1.29 is 14.3 Å². The van der Waals surface area contributed by atoms with Crippen LogP contribution in [0.1, 0.15) is 19.4 Å². The van der Waals surface area contributed by atoms with E-state index in [1.54, 1.807) is 37.1 Å². The number of aromatic nitrogens is 3. The number of nitrogens with zero attached hydrogens (tertiary/aromatic N) is 6. The van der Waals surface area contributed by atoms with Gasteiger partial charge in [0.1, 0.15) is 24.2 Å². The number of methoxy groups -OCH3 is 1. The van der Waals surface area contributed by atoms with Crippen LogP contribution in [0, 0.1) is 11.3 Å². The second-order valence-electron chi connectivity index (χ2n) is 7.81. The van der Waals surface area contributed by atoms with Gasteiger partial charge in [0, 0.05) is 57.5 Å². The van der Waals surface area contributed by atoms with Gasteiger partial charge in [-0.2, -0.15) is 10.4 Å². The molecule has 3 aromatic heterocycles. The van der Waals surface area contributed by atoms with E-state index in [9.17, 15) is 10.1 Å². The second kappa shape index (κ2) is 9.24. The minimum atomic E-state index is -0.0501. The number of anilines is 1. The molecule has 3 aromatic rings. The lowest BCUT2D eigenvalue weighted by Gasteiger charge is -2.34. The molecule has 0 aromatic carbocycles. The summed E-state index contributed by atoms with van der Waals surface area (Å²) >= 11 is 0. The fourth-order valence-electron chi connectivity index (χ4n) is 3.74. The van der Waals surface area contributed by atoms with Gasteiger partial charge >= 0.3 is 0 Å². The summed E-state index contributed by atoms with van der Waals surface area (Å²) in [5, 5.41) is 13.9. The Kier molecular flexibility index (Phi) is 6.23. The summed E-state index contributed by atoms with van der Waals surface area (Å²) in [5.41, 5.74) is 2.89. The van der Waals surface area contributed by atoms with Gasteiger partial charge in [0.25, 0.3) is 0 Å². The van der Waals surface area contributed by atoms with Gasteiger partial charge in [0.05, 0.1) is 29.6 Å². The highest BCUT2D eigenvalue weighted by molar-refractivity contribution is 5.85. The Bertz CT molecular complexity index is 1140. The molecule has 0 saturated carbocycles. The van der Waals surface area contributed by atoms with E-state index in [0.29, 0.717) is 36.5 Å². The summed E-state index contributed by atoms with van der Waals surface area (Å²) in [7, 11) is 1.64. The molecule has 9 nitrogen and oxygen atoms in total. The van der Waals surface area contributed by atoms with Crippen LogP contribution in [0.5, 0.6) is 5.75 Å². The molecule has 166 valence electrons. The van der Waals surface area contributed by atoms with Crippen molar-refractivity contribution in [3.63, 3.8) is 0 Å². The third kappa shape index (κ3) is 4.36. The Hall–Kier alpha value is -3.64. The Morgan fingerprint density at radius 1 is 1.25 bits per heavy atom. The molecule has 0 spiro atoms. The fraction of sp³-hybridized carbons (Fsp3) is 0.391. The molecule has 0 unspecified atom stereocenters. The largest absolute Gasteiger partial charge is 0.489 e. The van der Waals surface area contributed by atoms with Gasteiger partial charge in [-0.25, -0.2) is 9.50 Å². The van der Waals surface area contributed by atoms with Crippen LogP contribution in [-0.4, -0.2) is 71.4 Å². The number of carbonyl (C=O) groups is 1. The lowest BCUT2D eigenvalue weighted by Crippen LogP contribution is -2.48. The number of hydrogen-bond acceptors (Lipinski definition) is 7. The van der Waals surface area contributed by atoms with Gasteiger partial charge in [-0.1, -0.05) is 0 Å². The summed E-state index contributed by atoms with van der Waals surface area (Å²) in [6, 6.07) is 8.08. The third-order valence-electron chi connectivity index (χ3n) is 5.70. The fourth-order valence-corrected chi connectivity index (χ4v) is 3.74. The lowest BCUT2D eigenvalue weighted by atomic mass is 10.1. The van der Waals surface area contributed by atoms with Crippen molar-refractivity contribution in [2.24, 2.45) is 0 Å². The minimum Gasteiger partial charge on any atom is -0.489 e. The Morgan fingerprint density at radius 3 is 2.66 bits per heavy atom. The Labute approximate surface area is 186 Å². The normalized spacial score (nSPS) is 14.9. The molecule has 4 rings (SSSR count). The number of rotatable bonds is 6. The molecule has 1 atom stereocenters. The van der Waals surface area contributed by atoms with Gasteiger partial charge in [-0.3, -0.25) is 4.79 Å². The van der Waals surface area contributed by atoms with Crippen molar-refractivity contribution in [1.29, 1.82) is 5.26 Å². The van der Waals surface area contributed by atoms with Crippen LogP contribution in [0.2, 0.25) is 0 Å². The topological polar surface area (TPSA) is 96.0 Å². The summed E-state index contributed by atoms with van der Waals surface area (Å²) < 4.78 is 12.8. The van der Waals surface area contributed by atoms with Crippen LogP contribution in [0.3, 0.4) is 0 Å². The Morgan fingerprint density at radius 2 is 2.03 bits per heavy atom. The lowest BCUT2D eigenvalue weighted by molar-refractivity contribution is -0.129. The number of carbonyl (C=O) groups excluding carboxylic acids is 1. The molecule has 1 aliphatic rings. The summed E-state index contributed by atoms with van der Waals surface area (Å²) in [6.07, 6.45) is 5.07. The molecule has 4 heterocycles. The molecule has 32 heavy (non-hydrogen) atoms. The zero-order valence-corrected chi connectivity index (χ0v) is 18.5. The summed E-state index contributed by atoms with van der Waals surface area (Å²) in [5.74, 6) is 1.60. The first-order chi connectivity index (χ1) is 15.5. The smallest absolute Gasteiger partial charge is 0.219 e. The van der Waals surface area contributed by atoms with Crippen molar-refractivity contribution in [3.05, 3.63) is 42.4 Å². The van der Waals surface area contributed by atoms with Gasteiger partial charge < -0.3 is 19.3 Å². The van der Waals surface area contributed by atoms with Crippen LogP contribution < -0.4 is 9.64 Å². The second-order valence-corrected chi connectivity index (χ2v) is 7.81. The number of fused-ring (bicyclic) bond motifs is 1. The van der Waals surface area contributed by atoms with Crippen LogP contribution in [0.4, 0.5) is 5.82 Å². The molecular formula is C23H26N6O3. The first-order valence-corrected chi connectivity index (χ1v) is 10.5. The van der Waals surface area contributed by atoms with Crippen molar-refractivity contribution in [1.82, 2.24) is 19.5 Å². The van der Waals surface area contributed by atoms with Crippen molar-refractivity contribution in [2.45, 2.75) is 20.0 Å². The number of pyridine rings is 2. The van der Waals surface area contributed by atoms with Gasteiger partial charge in [-0.05, 0) is 25.1 Å². The average Bonchev–Trinajstić information content (AvgIpc) is 3.25. The molecule has 0 bridgehead atoms. The average molecular weight is 435 g/mol. The van der Waals surface area contributed by atoms with Crippen molar-refractivity contribution >= 4 is 17.2 Å². The first kappa shape index (κ1) is 21.6. The van der Waals surface area contributed by atoms with Crippen LogP contribution in [-0.2, 0) is 9.53 Å². The maximum Gasteiger partial charge on any atom is 0.219 e. The Balaban J connectivity index is 1.62. The van der Waals surface area contributed by atoms with Crippen LogP contribution >= 0.6 is 0 Å². The molecule has 0 N–H and O–H groups in total. The molecule has 1 amide bonds. The van der Waals surface area contributed by atoms with E-state index in [1.165, 1.54) is 0 Å². The van der Waals surface area contributed by atoms with Crippen molar-refractivity contribution in [3.8, 4) is 22.9 Å². The molecular weight excluding hydrogens is 408 g/mol. The standard InChI is InChI=1S/C23H26N6O3/c1-16(31-3)15-32-20-10-21(23-19(11-24)13-26-29(23)14-20)18-4-5-22(25-12-18)28-8-6-27(7-9-28)17(2)30/h4-5,10,12-14,16H,6-9,15H2,1-3H3/t16-/m0/s1. The zero-order chi connectivity index (χ0) is 22.7. The van der Waals surface area contributed by atoms with E-state index in [-0.39, 0.29) is 12.0 Å². The van der Waals surface area contributed by atoms with E-state index in [1.807, 2.05) is 30.0 Å². The number of piperazine rings is 1. The highest BCUT2D eigenvalue weighted by Gasteiger charge is 2.20. The molecule has 1 aliphatic heterocycles. The van der Waals surface area contributed by atoms with Gasteiger partial charge in [0.2, 0.25) is 5.91 Å². The van der Waals surface area contributed by atoms with Crippen LogP contribution in [0.25, 0.3) is 16.6 Å². The molecule has 0 radical (unpaired) electrons. The van der Waals surface area contributed by atoms with E-state index >= 15 is 0 Å². The maximum atomic E-state index is 11.6. The van der Waals surface area contributed by atoms with Gasteiger partial charge in [0.15, 0.2) is 0 Å². The van der Waals surface area contributed by atoms with E-state index in [2.05, 4.69) is 21.1 Å². The third-order valence-corrected chi connectivity index (χ3v) is 5.70. The zero-order valence-electron chi connectivity index (χ0n) is 18.5. The number of nitriles is 1. The van der Waals surface area contributed by atoms with E-state index in [0.717, 1.165) is 30.0 Å². The predicted octanol–water partition coefficient (Wildman–Crippen LogP) is 2.35. The summed E-state index contributed by atoms with van der Waals surface area (Å²) in [6.45, 7) is 6.82. The highest BCUT2D eigenvalue weighted by atomic mass is 16.5. The van der Waals surface area contributed by atoms with E-state index < -0.39 is 0 Å². The number of ether oxygens (including phenoxy) is 2. The number of hydrogen-bond donors (Lipinski definition) is 0. The first-order valence-electron chi connectivity index (χ1n) is 10.5. The maximum absolute atomic E-state index is 11.6. The summed E-state index contributed by atoms with van der Waals surface area (Å²) in [4.78, 5) is 20.2. The molecule has 0 aliphatic carbocycles. The highest BCUT2D eigenvalue weighted by Crippen LogP contribution is 2.31. The SMILES string of the molecule is CO[C@@H](C)COc1cc(-c2ccc(N3CCN(C(C)=O)CC3)nc2)c2c(C#N)cnn2c1. The minimum absolute atomic E-state index is 0.0501. The van der Waals surface area contributed by atoms with E-state index in [4.69, 9.17) is 9.47 Å². The predicted molar refractivity (Wildman–Crippen MR) is 120 cm³/mol. The monoisotopic (exact) mass is 434 g/mol. The molecule has 1 saturated heterocycles. The quantitative estimate of drug-likeness (QED) is 0.588. The molecule has 1 fully saturated rings. The molecule has 9 heteroatoms.